The van der Waals surface area contributed by atoms with Crippen LogP contribution in [0, 0.1) is 5.82 Å². The molecule has 1 saturated heterocycles. The first-order valence-corrected chi connectivity index (χ1v) is 10.7. The predicted octanol–water partition coefficient (Wildman–Crippen LogP) is 3.30. The summed E-state index contributed by atoms with van der Waals surface area (Å²) < 4.78 is 38.5. The van der Waals surface area contributed by atoms with Gasteiger partial charge in [-0.05, 0) is 30.7 Å². The number of rotatable bonds is 4. The zero-order chi connectivity index (χ0) is 19.7. The van der Waals surface area contributed by atoms with Crippen molar-refractivity contribution in [2.45, 2.75) is 12.5 Å². The molecule has 28 heavy (non-hydrogen) atoms. The number of hydrogen-bond acceptors (Lipinski definition) is 4. The van der Waals surface area contributed by atoms with Crippen LogP contribution in [0.5, 0.6) is 0 Å². The first-order chi connectivity index (χ1) is 13.4. The zero-order valence-corrected chi connectivity index (χ0v) is 15.7. The van der Waals surface area contributed by atoms with Crippen LogP contribution in [-0.2, 0) is 9.84 Å². The Morgan fingerprint density at radius 3 is 2.46 bits per heavy atom. The van der Waals surface area contributed by atoms with Crippen LogP contribution < -0.4 is 5.32 Å². The van der Waals surface area contributed by atoms with E-state index in [1.165, 1.54) is 24.3 Å². The molecule has 8 heteroatoms. The monoisotopic (exact) mass is 399 g/mol. The Bertz CT molecular complexity index is 1110. The molecule has 1 N–H and O–H groups in total. The Hall–Kier alpha value is -3.00. The predicted molar refractivity (Wildman–Crippen MR) is 104 cm³/mol. The quantitative estimate of drug-likeness (QED) is 0.730. The van der Waals surface area contributed by atoms with E-state index in [-0.39, 0.29) is 17.5 Å². The number of halogens is 1. The third kappa shape index (κ3) is 3.82. The average Bonchev–Trinajstić information content (AvgIpc) is 3.26. The average molecular weight is 399 g/mol. The van der Waals surface area contributed by atoms with Gasteiger partial charge in [-0.3, -0.25) is 4.79 Å². The molecule has 0 unspecified atom stereocenters. The van der Waals surface area contributed by atoms with Crippen molar-refractivity contribution in [2.75, 3.05) is 16.8 Å². The summed E-state index contributed by atoms with van der Waals surface area (Å²) in [7, 11) is -3.12. The molecule has 0 bridgehead atoms. The largest absolute Gasteiger partial charge is 0.307 e. The van der Waals surface area contributed by atoms with Gasteiger partial charge < -0.3 is 5.32 Å². The molecule has 2 heterocycles. The van der Waals surface area contributed by atoms with E-state index in [2.05, 4.69) is 10.4 Å². The number of nitrogens with one attached hydrogen (secondary N) is 1. The molecular formula is C20H18FN3O3S. The Morgan fingerprint density at radius 1 is 1.11 bits per heavy atom. The summed E-state index contributed by atoms with van der Waals surface area (Å²) in [5.74, 6) is -0.340. The van der Waals surface area contributed by atoms with Gasteiger partial charge in [0.2, 0.25) is 0 Å². The van der Waals surface area contributed by atoms with Crippen molar-refractivity contribution in [1.29, 1.82) is 0 Å². The molecule has 1 aromatic heterocycles. The van der Waals surface area contributed by atoms with Crippen LogP contribution in [0.2, 0.25) is 0 Å². The first-order valence-electron chi connectivity index (χ1n) is 8.84. The second-order valence-corrected chi connectivity index (χ2v) is 8.97. The lowest BCUT2D eigenvalue weighted by molar-refractivity contribution is 0.102. The molecule has 1 aliphatic rings. The van der Waals surface area contributed by atoms with E-state index in [0.29, 0.717) is 23.5 Å². The highest BCUT2D eigenvalue weighted by atomic mass is 32.2. The summed E-state index contributed by atoms with van der Waals surface area (Å²) in [4.78, 5) is 12.6. The number of aromatic nitrogens is 2. The fourth-order valence-electron chi connectivity index (χ4n) is 3.27. The van der Waals surface area contributed by atoms with Crippen molar-refractivity contribution in [1.82, 2.24) is 9.78 Å². The number of benzene rings is 2. The normalized spacial score (nSPS) is 18.1. The van der Waals surface area contributed by atoms with Crippen LogP contribution in [0.25, 0.3) is 11.3 Å². The van der Waals surface area contributed by atoms with Crippen molar-refractivity contribution in [3.8, 4) is 11.3 Å². The number of amides is 1. The first kappa shape index (κ1) is 18.4. The molecule has 1 amide bonds. The van der Waals surface area contributed by atoms with Crippen LogP contribution in [-0.4, -0.2) is 35.6 Å². The molecule has 1 fully saturated rings. The minimum atomic E-state index is -3.12. The minimum absolute atomic E-state index is 0.0116. The molecule has 0 radical (unpaired) electrons. The molecule has 6 nitrogen and oxygen atoms in total. The molecule has 1 atom stereocenters. The number of carbonyl (C=O) groups excluding carboxylic acids is 1. The molecule has 144 valence electrons. The molecule has 3 aromatic rings. The van der Waals surface area contributed by atoms with Gasteiger partial charge in [-0.25, -0.2) is 17.5 Å². The van der Waals surface area contributed by atoms with Crippen molar-refractivity contribution in [2.24, 2.45) is 0 Å². The van der Waals surface area contributed by atoms with Crippen LogP contribution in [0.15, 0.2) is 60.7 Å². The van der Waals surface area contributed by atoms with E-state index in [1.54, 1.807) is 10.7 Å². The summed E-state index contributed by atoms with van der Waals surface area (Å²) in [5, 5.41) is 7.35. The fraction of sp³-hybridized carbons (Fsp3) is 0.200. The van der Waals surface area contributed by atoms with Crippen LogP contribution in [0.1, 0.15) is 22.8 Å². The molecule has 1 aliphatic heterocycles. The van der Waals surface area contributed by atoms with Crippen LogP contribution in [0.4, 0.5) is 10.2 Å². The highest BCUT2D eigenvalue weighted by molar-refractivity contribution is 7.91. The van der Waals surface area contributed by atoms with Crippen molar-refractivity contribution in [3.05, 3.63) is 72.0 Å². The smallest absolute Gasteiger partial charge is 0.256 e. The topological polar surface area (TPSA) is 81.1 Å². The van der Waals surface area contributed by atoms with Gasteiger partial charge in [0.25, 0.3) is 5.91 Å². The third-order valence-corrected chi connectivity index (χ3v) is 6.46. The standard InChI is InChI=1S/C20H18FN3O3S/c21-16-8-6-15(7-9-16)20(25)22-19-12-18(14-4-2-1-3-5-14)23-24(19)17-10-11-28(26,27)13-17/h1-9,12,17H,10-11,13H2,(H,22,25)/t17-/m1/s1. The van der Waals surface area contributed by atoms with Gasteiger partial charge in [-0.1, -0.05) is 30.3 Å². The summed E-state index contributed by atoms with van der Waals surface area (Å²) in [6.07, 6.45) is 0.442. The van der Waals surface area contributed by atoms with Gasteiger partial charge in [0.05, 0.1) is 23.2 Å². The fourth-order valence-corrected chi connectivity index (χ4v) is 4.97. The summed E-state index contributed by atoms with van der Waals surface area (Å²) >= 11 is 0. The van der Waals surface area contributed by atoms with Gasteiger partial charge in [0, 0.05) is 17.2 Å². The Kier molecular flexibility index (Phi) is 4.72. The molecule has 0 aliphatic carbocycles. The lowest BCUT2D eigenvalue weighted by Crippen LogP contribution is -2.19. The summed E-state index contributed by atoms with van der Waals surface area (Å²) in [5.41, 5.74) is 1.80. The summed E-state index contributed by atoms with van der Waals surface area (Å²) in [6, 6.07) is 16.0. The van der Waals surface area contributed by atoms with E-state index in [9.17, 15) is 17.6 Å². The third-order valence-electron chi connectivity index (χ3n) is 4.71. The summed E-state index contributed by atoms with van der Waals surface area (Å²) in [6.45, 7) is 0. The zero-order valence-electron chi connectivity index (χ0n) is 14.9. The molecule has 2 aromatic carbocycles. The maximum Gasteiger partial charge on any atom is 0.256 e. The minimum Gasteiger partial charge on any atom is -0.307 e. The highest BCUT2D eigenvalue weighted by Gasteiger charge is 2.31. The van der Waals surface area contributed by atoms with Gasteiger partial charge in [-0.2, -0.15) is 5.10 Å². The lowest BCUT2D eigenvalue weighted by atomic mass is 10.1. The molecule has 0 saturated carbocycles. The van der Waals surface area contributed by atoms with Gasteiger partial charge >= 0.3 is 0 Å². The van der Waals surface area contributed by atoms with Crippen LogP contribution >= 0.6 is 0 Å². The van der Waals surface area contributed by atoms with Crippen molar-refractivity contribution < 1.29 is 17.6 Å². The van der Waals surface area contributed by atoms with Gasteiger partial charge in [0.1, 0.15) is 11.6 Å². The number of nitrogens with zero attached hydrogens (tertiary/aromatic N) is 2. The highest BCUT2D eigenvalue weighted by Crippen LogP contribution is 2.30. The maximum absolute atomic E-state index is 13.1. The van der Waals surface area contributed by atoms with E-state index < -0.39 is 21.6 Å². The number of carbonyl (C=O) groups is 1. The molecule has 4 rings (SSSR count). The molecule has 0 spiro atoms. The van der Waals surface area contributed by atoms with Gasteiger partial charge in [-0.15, -0.1) is 0 Å². The SMILES string of the molecule is O=C(Nc1cc(-c2ccccc2)nn1[C@@H]1CCS(=O)(=O)C1)c1ccc(F)cc1. The van der Waals surface area contributed by atoms with E-state index in [0.717, 1.165) is 5.56 Å². The Morgan fingerprint density at radius 2 is 1.82 bits per heavy atom. The van der Waals surface area contributed by atoms with E-state index in [4.69, 9.17) is 0 Å². The van der Waals surface area contributed by atoms with E-state index in [1.807, 2.05) is 30.3 Å². The van der Waals surface area contributed by atoms with Crippen molar-refractivity contribution >= 4 is 21.6 Å². The Labute approximate surface area is 161 Å². The number of hydrogen-bond donors (Lipinski definition) is 1. The van der Waals surface area contributed by atoms with Gasteiger partial charge in [0.15, 0.2) is 9.84 Å². The number of anilines is 1. The number of sulfone groups is 1. The van der Waals surface area contributed by atoms with E-state index >= 15 is 0 Å². The van der Waals surface area contributed by atoms with Crippen LogP contribution in [0.3, 0.4) is 0 Å². The molecular weight excluding hydrogens is 381 g/mol. The lowest BCUT2D eigenvalue weighted by Gasteiger charge is -2.13. The maximum atomic E-state index is 13.1. The second-order valence-electron chi connectivity index (χ2n) is 6.74. The Balaban J connectivity index is 1.69. The van der Waals surface area contributed by atoms with Crippen molar-refractivity contribution in [3.63, 3.8) is 0 Å². The second kappa shape index (κ2) is 7.20.